The summed E-state index contributed by atoms with van der Waals surface area (Å²) in [6.07, 6.45) is 1.78. The van der Waals surface area contributed by atoms with Crippen molar-refractivity contribution in [1.29, 1.82) is 0 Å². The van der Waals surface area contributed by atoms with Gasteiger partial charge in [0, 0.05) is 24.8 Å². The van der Waals surface area contributed by atoms with E-state index in [-0.39, 0.29) is 12.5 Å². The van der Waals surface area contributed by atoms with Crippen LogP contribution in [0.1, 0.15) is 28.4 Å². The second kappa shape index (κ2) is 8.18. The Balaban J connectivity index is 2.15. The summed E-state index contributed by atoms with van der Waals surface area (Å²) in [5.74, 6) is -0.122. The number of likely N-dealkylation sites (N-methyl/N-ethyl adjacent to an activating group) is 1. The van der Waals surface area contributed by atoms with Gasteiger partial charge in [0.2, 0.25) is 0 Å². The molecule has 1 heterocycles. The molecule has 0 saturated heterocycles. The lowest BCUT2D eigenvalue weighted by Crippen LogP contribution is -2.33. The van der Waals surface area contributed by atoms with Crippen LogP contribution in [-0.2, 0) is 0 Å². The second-order valence-corrected chi connectivity index (χ2v) is 6.60. The van der Waals surface area contributed by atoms with Gasteiger partial charge >= 0.3 is 0 Å². The Morgan fingerprint density at radius 2 is 1.89 bits per heavy atom. The van der Waals surface area contributed by atoms with Crippen LogP contribution < -0.4 is 0 Å². The smallest absolute Gasteiger partial charge is 0.257 e. The fourth-order valence-corrected chi connectivity index (χ4v) is 3.22. The molecule has 1 amide bonds. The third kappa shape index (κ3) is 3.93. The van der Waals surface area contributed by atoms with Crippen molar-refractivity contribution in [3.05, 3.63) is 71.4 Å². The maximum Gasteiger partial charge on any atom is 0.257 e. The SMILES string of the molecule is CCN(CCO)C(=O)c1cn(-c2ccccc2)nc1-c1ccc(C)cc1C. The molecule has 0 radical (unpaired) electrons. The molecule has 0 bridgehead atoms. The number of carbonyl (C=O) groups is 1. The maximum atomic E-state index is 13.1. The molecule has 3 rings (SSSR count). The second-order valence-electron chi connectivity index (χ2n) is 6.60. The minimum atomic E-state index is -0.122. The van der Waals surface area contributed by atoms with Crippen LogP contribution in [0.25, 0.3) is 16.9 Å². The molecular weight excluding hydrogens is 338 g/mol. The van der Waals surface area contributed by atoms with E-state index in [0.29, 0.717) is 24.3 Å². The average molecular weight is 363 g/mol. The normalized spacial score (nSPS) is 10.8. The molecule has 2 aromatic carbocycles. The van der Waals surface area contributed by atoms with Crippen LogP contribution in [0.2, 0.25) is 0 Å². The van der Waals surface area contributed by atoms with Crippen LogP contribution in [0.5, 0.6) is 0 Å². The lowest BCUT2D eigenvalue weighted by atomic mass is 10.0. The summed E-state index contributed by atoms with van der Waals surface area (Å²) >= 11 is 0. The van der Waals surface area contributed by atoms with Gasteiger partial charge in [-0.1, -0.05) is 42.0 Å². The Hall–Kier alpha value is -2.92. The summed E-state index contributed by atoms with van der Waals surface area (Å²) in [5, 5.41) is 14.0. The predicted molar refractivity (Wildman–Crippen MR) is 107 cm³/mol. The predicted octanol–water partition coefficient (Wildman–Crippen LogP) is 3.61. The number of hydrogen-bond donors (Lipinski definition) is 1. The van der Waals surface area contributed by atoms with Gasteiger partial charge in [-0.05, 0) is 38.5 Å². The van der Waals surface area contributed by atoms with E-state index in [9.17, 15) is 9.90 Å². The van der Waals surface area contributed by atoms with E-state index in [4.69, 9.17) is 5.10 Å². The number of benzene rings is 2. The molecule has 140 valence electrons. The van der Waals surface area contributed by atoms with E-state index in [0.717, 1.165) is 16.8 Å². The highest BCUT2D eigenvalue weighted by Gasteiger charge is 2.23. The Morgan fingerprint density at radius 3 is 2.52 bits per heavy atom. The van der Waals surface area contributed by atoms with Crippen LogP contribution in [0.15, 0.2) is 54.7 Å². The van der Waals surface area contributed by atoms with Gasteiger partial charge in [-0.15, -0.1) is 0 Å². The summed E-state index contributed by atoms with van der Waals surface area (Å²) < 4.78 is 1.74. The molecule has 3 aromatic rings. The fraction of sp³-hybridized carbons (Fsp3) is 0.273. The third-order valence-electron chi connectivity index (χ3n) is 4.64. The van der Waals surface area contributed by atoms with Crippen LogP contribution in [0, 0.1) is 13.8 Å². The van der Waals surface area contributed by atoms with Gasteiger partial charge in [-0.3, -0.25) is 4.79 Å². The summed E-state index contributed by atoms with van der Waals surface area (Å²) in [4.78, 5) is 14.8. The van der Waals surface area contributed by atoms with E-state index >= 15 is 0 Å². The van der Waals surface area contributed by atoms with Crippen molar-refractivity contribution in [1.82, 2.24) is 14.7 Å². The van der Waals surface area contributed by atoms with Gasteiger partial charge in [0.15, 0.2) is 0 Å². The van der Waals surface area contributed by atoms with Gasteiger partial charge in [-0.25, -0.2) is 4.68 Å². The van der Waals surface area contributed by atoms with E-state index in [1.807, 2.05) is 63.2 Å². The number of aliphatic hydroxyl groups excluding tert-OH is 1. The van der Waals surface area contributed by atoms with Crippen molar-refractivity contribution in [2.45, 2.75) is 20.8 Å². The molecule has 0 aliphatic carbocycles. The number of carbonyl (C=O) groups excluding carboxylic acids is 1. The summed E-state index contributed by atoms with van der Waals surface area (Å²) in [6, 6.07) is 15.9. The van der Waals surface area contributed by atoms with E-state index in [2.05, 4.69) is 6.07 Å². The number of aromatic nitrogens is 2. The van der Waals surface area contributed by atoms with Gasteiger partial charge in [0.25, 0.3) is 5.91 Å². The first kappa shape index (κ1) is 18.9. The summed E-state index contributed by atoms with van der Waals surface area (Å²) in [6.45, 7) is 6.76. The highest BCUT2D eigenvalue weighted by Crippen LogP contribution is 2.28. The molecule has 0 spiro atoms. The first-order valence-corrected chi connectivity index (χ1v) is 9.18. The van der Waals surface area contributed by atoms with Crippen molar-refractivity contribution < 1.29 is 9.90 Å². The standard InChI is InChI=1S/C22H25N3O2/c1-4-24(12-13-26)22(27)20-15-25(18-8-6-5-7-9-18)23-21(20)19-11-10-16(2)14-17(19)3/h5-11,14-15,26H,4,12-13H2,1-3H3. The fourth-order valence-electron chi connectivity index (χ4n) is 3.22. The van der Waals surface area contributed by atoms with Crippen molar-refractivity contribution in [3.8, 4) is 16.9 Å². The van der Waals surface area contributed by atoms with Gasteiger partial charge < -0.3 is 10.0 Å². The molecule has 0 fully saturated rings. The number of amides is 1. The zero-order valence-corrected chi connectivity index (χ0v) is 16.0. The maximum absolute atomic E-state index is 13.1. The molecule has 27 heavy (non-hydrogen) atoms. The van der Waals surface area contributed by atoms with E-state index < -0.39 is 0 Å². The summed E-state index contributed by atoms with van der Waals surface area (Å²) in [5.41, 5.74) is 5.29. The Bertz CT molecular complexity index is 932. The Morgan fingerprint density at radius 1 is 1.15 bits per heavy atom. The minimum Gasteiger partial charge on any atom is -0.395 e. The monoisotopic (exact) mass is 363 g/mol. The highest BCUT2D eigenvalue weighted by molar-refractivity contribution is 6.00. The number of para-hydroxylation sites is 1. The molecular formula is C22H25N3O2. The highest BCUT2D eigenvalue weighted by atomic mass is 16.3. The zero-order valence-electron chi connectivity index (χ0n) is 16.0. The molecule has 0 aliphatic rings. The molecule has 1 aromatic heterocycles. The average Bonchev–Trinajstić information content (AvgIpc) is 3.11. The molecule has 1 N–H and O–H groups in total. The lowest BCUT2D eigenvalue weighted by molar-refractivity contribution is 0.0732. The Labute approximate surface area is 159 Å². The van der Waals surface area contributed by atoms with Gasteiger partial charge in [-0.2, -0.15) is 5.10 Å². The molecule has 0 atom stereocenters. The molecule has 0 saturated carbocycles. The van der Waals surface area contributed by atoms with Gasteiger partial charge in [0.05, 0.1) is 17.9 Å². The third-order valence-corrected chi connectivity index (χ3v) is 4.64. The van der Waals surface area contributed by atoms with Crippen LogP contribution >= 0.6 is 0 Å². The first-order chi connectivity index (χ1) is 13.0. The van der Waals surface area contributed by atoms with Crippen molar-refractivity contribution >= 4 is 5.91 Å². The quantitative estimate of drug-likeness (QED) is 0.728. The molecule has 0 aliphatic heterocycles. The van der Waals surface area contributed by atoms with Crippen molar-refractivity contribution in [2.24, 2.45) is 0 Å². The number of aliphatic hydroxyl groups is 1. The van der Waals surface area contributed by atoms with Crippen molar-refractivity contribution in [3.63, 3.8) is 0 Å². The number of nitrogens with zero attached hydrogens (tertiary/aromatic N) is 3. The van der Waals surface area contributed by atoms with E-state index in [1.165, 1.54) is 5.56 Å². The Kier molecular flexibility index (Phi) is 5.72. The molecule has 5 nitrogen and oxygen atoms in total. The topological polar surface area (TPSA) is 58.4 Å². The van der Waals surface area contributed by atoms with Crippen LogP contribution in [0.3, 0.4) is 0 Å². The molecule has 0 unspecified atom stereocenters. The first-order valence-electron chi connectivity index (χ1n) is 9.18. The summed E-state index contributed by atoms with van der Waals surface area (Å²) in [7, 11) is 0. The number of hydrogen-bond acceptors (Lipinski definition) is 3. The molecule has 5 heteroatoms. The van der Waals surface area contributed by atoms with Crippen LogP contribution in [0.4, 0.5) is 0 Å². The largest absolute Gasteiger partial charge is 0.395 e. The number of aryl methyl sites for hydroxylation is 2. The number of rotatable bonds is 6. The lowest BCUT2D eigenvalue weighted by Gasteiger charge is -2.19. The zero-order chi connectivity index (χ0) is 19.4. The van der Waals surface area contributed by atoms with Gasteiger partial charge in [0.1, 0.15) is 5.69 Å². The van der Waals surface area contributed by atoms with E-state index in [1.54, 1.807) is 15.8 Å². The minimum absolute atomic E-state index is 0.0642. The van der Waals surface area contributed by atoms with Crippen molar-refractivity contribution in [2.75, 3.05) is 19.7 Å². The van der Waals surface area contributed by atoms with Crippen LogP contribution in [-0.4, -0.2) is 45.4 Å².